The van der Waals surface area contributed by atoms with Crippen molar-refractivity contribution in [3.63, 3.8) is 0 Å². The van der Waals surface area contributed by atoms with E-state index in [4.69, 9.17) is 5.26 Å². The van der Waals surface area contributed by atoms with Crippen LogP contribution in [-0.4, -0.2) is 22.0 Å². The predicted octanol–water partition coefficient (Wildman–Crippen LogP) is 0.0482. The van der Waals surface area contributed by atoms with Crippen LogP contribution in [0.3, 0.4) is 0 Å². The van der Waals surface area contributed by atoms with Crippen LogP contribution >= 0.6 is 0 Å². The lowest BCUT2D eigenvalue weighted by molar-refractivity contribution is 0.976. The van der Waals surface area contributed by atoms with Crippen LogP contribution in [0.15, 0.2) is 30.3 Å². The van der Waals surface area contributed by atoms with E-state index in [0.29, 0.717) is 0 Å². The molecule has 1 aromatic rings. The average molecular weight is 167 g/mol. The minimum Gasteiger partial charge on any atom is -0.198 e. The molecule has 0 amide bonds. The minimum atomic E-state index is 0.0844. The number of nitriles is 1. The van der Waals surface area contributed by atoms with Crippen LogP contribution in [0.2, 0.25) is 6.32 Å². The molecule has 0 saturated carbocycles. The second-order valence-electron chi connectivity index (χ2n) is 3.23. The Balaban J connectivity index is 2.63. The molecule has 0 fully saturated rings. The van der Waals surface area contributed by atoms with E-state index in [1.165, 1.54) is 0 Å². The van der Waals surface area contributed by atoms with E-state index in [2.05, 4.69) is 13.8 Å². The van der Waals surface area contributed by atoms with Crippen molar-refractivity contribution in [3.8, 4) is 6.07 Å². The molecule has 0 aliphatic heterocycles. The number of rotatable bonds is 4. The van der Waals surface area contributed by atoms with Crippen LogP contribution in [0.1, 0.15) is 11.5 Å². The molecule has 13 heavy (non-hydrogen) atoms. The maximum atomic E-state index is 8.96. The molecule has 1 atom stereocenters. The summed E-state index contributed by atoms with van der Waals surface area (Å²) in [6, 6.07) is 12.4. The second-order valence-corrected chi connectivity index (χ2v) is 3.23. The van der Waals surface area contributed by atoms with Gasteiger partial charge in [0.2, 0.25) is 0 Å². The van der Waals surface area contributed by atoms with Crippen LogP contribution in [0.25, 0.3) is 0 Å². The van der Waals surface area contributed by atoms with Crippen LogP contribution in [0.5, 0.6) is 0 Å². The fraction of sp³-hybridized carbons (Fsp3) is 0.222. The van der Waals surface area contributed by atoms with Crippen molar-refractivity contribution in [1.82, 2.24) is 0 Å². The van der Waals surface area contributed by atoms with E-state index < -0.39 is 0 Å². The Kier molecular flexibility index (Phi) is 4.25. The van der Waals surface area contributed by atoms with Gasteiger partial charge in [-0.15, -0.1) is 0 Å². The molecule has 62 valence electrons. The molecule has 0 saturated heterocycles. The van der Waals surface area contributed by atoms with Gasteiger partial charge in [-0.25, -0.2) is 0 Å². The van der Waals surface area contributed by atoms with Gasteiger partial charge in [-0.1, -0.05) is 36.7 Å². The van der Waals surface area contributed by atoms with Crippen LogP contribution in [0.4, 0.5) is 0 Å². The molecule has 4 heteroatoms. The molecule has 0 aliphatic rings. The Bertz CT molecular complexity index is 281. The highest BCUT2D eigenvalue weighted by atomic mass is 14.3. The Morgan fingerprint density at radius 2 is 2.08 bits per heavy atom. The predicted molar refractivity (Wildman–Crippen MR) is 62.4 cm³/mol. The summed E-state index contributed by atoms with van der Waals surface area (Å²) in [5.41, 5.74) is 1.15. The Labute approximate surface area is 82.0 Å². The van der Waals surface area contributed by atoms with E-state index in [1.807, 2.05) is 30.3 Å². The van der Waals surface area contributed by atoms with E-state index in [0.717, 1.165) is 26.1 Å². The molecule has 0 aliphatic carbocycles. The van der Waals surface area contributed by atoms with Gasteiger partial charge >= 0.3 is 0 Å². The SMILES string of the molecule is BBBCC(C#N)c1ccccc1. The highest BCUT2D eigenvalue weighted by molar-refractivity contribution is 7.23. The standard InChI is InChI=1S/C9H12B3N/c10-12-11-6-9(7-13)8-4-2-1-3-5-8/h1-5,9,11-12H,6,10H2. The maximum absolute atomic E-state index is 8.96. The fourth-order valence-electron chi connectivity index (χ4n) is 1.40. The molecule has 0 heterocycles. The highest BCUT2D eigenvalue weighted by Gasteiger charge is 2.08. The van der Waals surface area contributed by atoms with Crippen molar-refractivity contribution in [2.24, 2.45) is 0 Å². The molecule has 1 unspecified atom stereocenters. The summed E-state index contributed by atoms with van der Waals surface area (Å²) in [5.74, 6) is 0.0844. The topological polar surface area (TPSA) is 23.8 Å². The van der Waals surface area contributed by atoms with Crippen molar-refractivity contribution in [3.05, 3.63) is 35.9 Å². The summed E-state index contributed by atoms with van der Waals surface area (Å²) in [4.78, 5) is 0. The third kappa shape index (κ3) is 3.03. The Hall–Kier alpha value is -1.10. The zero-order valence-corrected chi connectivity index (χ0v) is 8.03. The van der Waals surface area contributed by atoms with E-state index in [-0.39, 0.29) is 5.92 Å². The average Bonchev–Trinajstić information content (AvgIpc) is 2.21. The molecule has 1 rings (SSSR count). The first-order chi connectivity index (χ1) is 6.38. The number of nitrogens with zero attached hydrogens (tertiary/aromatic N) is 1. The molecule has 0 bridgehead atoms. The number of hydrogen-bond acceptors (Lipinski definition) is 1. The van der Waals surface area contributed by atoms with Gasteiger partial charge in [0.1, 0.15) is 0 Å². The molecule has 0 N–H and O–H groups in total. The molecule has 1 nitrogen and oxygen atoms in total. The third-order valence-electron chi connectivity index (χ3n) is 2.20. The van der Waals surface area contributed by atoms with Crippen LogP contribution in [0, 0.1) is 11.3 Å². The molecular formula is C9H12B3N. The van der Waals surface area contributed by atoms with Gasteiger partial charge in [0.15, 0.2) is 0 Å². The second kappa shape index (κ2) is 5.53. The van der Waals surface area contributed by atoms with Gasteiger partial charge in [0, 0.05) is 0 Å². The Morgan fingerprint density at radius 1 is 1.38 bits per heavy atom. The summed E-state index contributed by atoms with van der Waals surface area (Å²) in [5, 5.41) is 8.96. The summed E-state index contributed by atoms with van der Waals surface area (Å²) >= 11 is 0. The van der Waals surface area contributed by atoms with Crippen molar-refractivity contribution >= 4 is 22.0 Å². The quantitative estimate of drug-likeness (QED) is 0.580. The summed E-state index contributed by atoms with van der Waals surface area (Å²) < 4.78 is 0. The van der Waals surface area contributed by atoms with Crippen molar-refractivity contribution in [2.75, 3.05) is 0 Å². The van der Waals surface area contributed by atoms with Gasteiger partial charge < -0.3 is 0 Å². The van der Waals surface area contributed by atoms with Crippen molar-refractivity contribution in [2.45, 2.75) is 12.2 Å². The van der Waals surface area contributed by atoms with Crippen molar-refractivity contribution in [1.29, 1.82) is 5.26 Å². The normalized spacial score (nSPS) is 11.3. The lowest BCUT2D eigenvalue weighted by atomic mass is 9.26. The third-order valence-corrected chi connectivity index (χ3v) is 2.20. The van der Waals surface area contributed by atoms with Gasteiger partial charge in [-0.2, -0.15) is 5.26 Å². The van der Waals surface area contributed by atoms with E-state index in [9.17, 15) is 0 Å². The first-order valence-electron chi connectivity index (χ1n) is 4.83. The lowest BCUT2D eigenvalue weighted by Crippen LogP contribution is -2.07. The highest BCUT2D eigenvalue weighted by Crippen LogP contribution is 2.17. The van der Waals surface area contributed by atoms with Crippen LogP contribution in [-0.2, 0) is 0 Å². The number of benzene rings is 1. The Morgan fingerprint density at radius 3 is 2.62 bits per heavy atom. The van der Waals surface area contributed by atoms with Gasteiger partial charge in [-0.3, -0.25) is 0 Å². The maximum Gasteiger partial charge on any atom is 0.0800 e. The van der Waals surface area contributed by atoms with Gasteiger partial charge in [0.25, 0.3) is 0 Å². The lowest BCUT2D eigenvalue weighted by Gasteiger charge is -2.06. The molecular weight excluding hydrogens is 155 g/mol. The van der Waals surface area contributed by atoms with Crippen molar-refractivity contribution < 1.29 is 0 Å². The monoisotopic (exact) mass is 167 g/mol. The first kappa shape index (κ1) is 9.99. The van der Waals surface area contributed by atoms with E-state index >= 15 is 0 Å². The molecule has 0 spiro atoms. The minimum absolute atomic E-state index is 0.0844. The molecule has 0 radical (unpaired) electrons. The smallest absolute Gasteiger partial charge is 0.0800 e. The van der Waals surface area contributed by atoms with Crippen LogP contribution < -0.4 is 0 Å². The van der Waals surface area contributed by atoms with Gasteiger partial charge in [0.05, 0.1) is 34.0 Å². The summed E-state index contributed by atoms with van der Waals surface area (Å²) in [7, 11) is 4.44. The fourth-order valence-corrected chi connectivity index (χ4v) is 1.40. The first-order valence-corrected chi connectivity index (χ1v) is 4.83. The summed E-state index contributed by atoms with van der Waals surface area (Å²) in [6.45, 7) is 0. The van der Waals surface area contributed by atoms with Gasteiger partial charge in [-0.05, 0) is 5.56 Å². The number of hydrogen-bond donors (Lipinski definition) is 0. The molecule has 0 aromatic heterocycles. The summed E-state index contributed by atoms with van der Waals surface area (Å²) in [6.07, 6.45) is 0.983. The zero-order valence-electron chi connectivity index (χ0n) is 8.03. The molecule has 1 aromatic carbocycles. The van der Waals surface area contributed by atoms with E-state index in [1.54, 1.807) is 0 Å². The largest absolute Gasteiger partial charge is 0.198 e. The zero-order chi connectivity index (χ0) is 9.52.